The first-order valence-corrected chi connectivity index (χ1v) is 6.32. The minimum absolute atomic E-state index is 0.173. The number of anilines is 1. The monoisotopic (exact) mass is 301 g/mol. The van der Waals surface area contributed by atoms with Crippen molar-refractivity contribution in [2.45, 2.75) is 32.3 Å². The summed E-state index contributed by atoms with van der Waals surface area (Å²) in [6.45, 7) is 3.75. The summed E-state index contributed by atoms with van der Waals surface area (Å²) in [6, 6.07) is 2.79. The van der Waals surface area contributed by atoms with Crippen molar-refractivity contribution in [2.24, 2.45) is 0 Å². The van der Waals surface area contributed by atoms with Crippen molar-refractivity contribution in [3.8, 4) is 5.75 Å². The smallest absolute Gasteiger partial charge is 0.268 e. The number of hydrogen-bond acceptors (Lipinski definition) is 2. The largest absolute Gasteiger partial charge is 0.474 e. The van der Waals surface area contributed by atoms with Gasteiger partial charge in [0.15, 0.2) is 11.4 Å². The Bertz CT molecular complexity index is 472. The Morgan fingerprint density at radius 3 is 2.65 bits per heavy atom. The summed E-state index contributed by atoms with van der Waals surface area (Å²) in [5.74, 6) is -0.206. The third kappa shape index (κ3) is 1.82. The van der Waals surface area contributed by atoms with E-state index in [-0.39, 0.29) is 10.4 Å². The van der Waals surface area contributed by atoms with E-state index in [4.69, 9.17) is 4.74 Å². The van der Waals surface area contributed by atoms with E-state index < -0.39 is 11.4 Å². The summed E-state index contributed by atoms with van der Waals surface area (Å²) >= 11 is 3.14. The van der Waals surface area contributed by atoms with Gasteiger partial charge in [0.05, 0.1) is 10.2 Å². The van der Waals surface area contributed by atoms with Gasteiger partial charge in [0.25, 0.3) is 5.91 Å². The van der Waals surface area contributed by atoms with Crippen molar-refractivity contribution in [1.29, 1.82) is 0 Å². The Morgan fingerprint density at radius 1 is 1.41 bits per heavy atom. The molecule has 5 heteroatoms. The summed E-state index contributed by atoms with van der Waals surface area (Å²) in [4.78, 5) is 12.0. The molecule has 1 aromatic rings. The molecule has 0 saturated heterocycles. The molecule has 0 saturated carbocycles. The predicted octanol–water partition coefficient (Wildman–Crippen LogP) is 3.48. The third-order valence-electron chi connectivity index (χ3n) is 3.15. The van der Waals surface area contributed by atoms with Crippen LogP contribution in [0.4, 0.5) is 10.1 Å². The van der Waals surface area contributed by atoms with E-state index in [1.807, 2.05) is 13.8 Å². The van der Waals surface area contributed by atoms with Crippen LogP contribution in [0.15, 0.2) is 16.6 Å². The molecule has 1 aliphatic heterocycles. The molecule has 2 rings (SSSR count). The number of rotatable bonds is 2. The van der Waals surface area contributed by atoms with E-state index in [1.165, 1.54) is 12.1 Å². The van der Waals surface area contributed by atoms with Crippen LogP contribution in [0.5, 0.6) is 5.75 Å². The molecular weight excluding hydrogens is 289 g/mol. The molecule has 1 N–H and O–H groups in total. The second kappa shape index (κ2) is 4.29. The van der Waals surface area contributed by atoms with Crippen molar-refractivity contribution in [3.63, 3.8) is 0 Å². The fourth-order valence-corrected chi connectivity index (χ4v) is 2.35. The highest BCUT2D eigenvalue weighted by atomic mass is 79.9. The van der Waals surface area contributed by atoms with Crippen LogP contribution in [0.1, 0.15) is 26.7 Å². The van der Waals surface area contributed by atoms with Gasteiger partial charge in [0, 0.05) is 0 Å². The number of hydrogen-bond donors (Lipinski definition) is 1. The lowest BCUT2D eigenvalue weighted by Crippen LogP contribution is -2.50. The lowest BCUT2D eigenvalue weighted by molar-refractivity contribution is -0.133. The molecule has 3 nitrogen and oxygen atoms in total. The van der Waals surface area contributed by atoms with E-state index in [2.05, 4.69) is 21.2 Å². The highest BCUT2D eigenvalue weighted by molar-refractivity contribution is 9.10. The maximum Gasteiger partial charge on any atom is 0.268 e. The molecule has 1 heterocycles. The molecule has 1 amide bonds. The van der Waals surface area contributed by atoms with E-state index in [0.717, 1.165) is 0 Å². The Balaban J connectivity index is 2.52. The number of amides is 1. The van der Waals surface area contributed by atoms with Gasteiger partial charge >= 0.3 is 0 Å². The van der Waals surface area contributed by atoms with Gasteiger partial charge in [-0.1, -0.05) is 13.8 Å². The molecule has 0 radical (unpaired) electrons. The minimum atomic E-state index is -0.899. The molecule has 1 aromatic carbocycles. The van der Waals surface area contributed by atoms with Crippen LogP contribution in [0.2, 0.25) is 0 Å². The number of halogens is 2. The zero-order valence-electron chi connectivity index (χ0n) is 9.64. The Labute approximate surface area is 107 Å². The predicted molar refractivity (Wildman–Crippen MR) is 66.7 cm³/mol. The van der Waals surface area contributed by atoms with Crippen molar-refractivity contribution in [1.82, 2.24) is 0 Å². The number of carbonyl (C=O) groups excluding carboxylic acids is 1. The van der Waals surface area contributed by atoms with Gasteiger partial charge in [-0.25, -0.2) is 4.39 Å². The summed E-state index contributed by atoms with van der Waals surface area (Å²) in [6.07, 6.45) is 1.08. The highest BCUT2D eigenvalue weighted by Gasteiger charge is 2.42. The first-order valence-electron chi connectivity index (χ1n) is 5.52. The minimum Gasteiger partial charge on any atom is -0.474 e. The zero-order chi connectivity index (χ0) is 12.6. The number of fused-ring (bicyclic) bond motifs is 1. The number of benzene rings is 1. The molecule has 0 unspecified atom stereocenters. The maximum atomic E-state index is 13.4. The van der Waals surface area contributed by atoms with E-state index >= 15 is 0 Å². The topological polar surface area (TPSA) is 38.3 Å². The molecule has 0 aromatic heterocycles. The molecule has 1 aliphatic rings. The summed E-state index contributed by atoms with van der Waals surface area (Å²) in [5.41, 5.74) is -0.399. The quantitative estimate of drug-likeness (QED) is 0.908. The van der Waals surface area contributed by atoms with Gasteiger partial charge in [0.1, 0.15) is 5.82 Å². The van der Waals surface area contributed by atoms with E-state index in [0.29, 0.717) is 24.3 Å². The van der Waals surface area contributed by atoms with Crippen molar-refractivity contribution in [3.05, 3.63) is 22.4 Å². The van der Waals surface area contributed by atoms with Crippen LogP contribution in [0.25, 0.3) is 0 Å². The standard InChI is InChI=1S/C12H13BrFNO2/c1-3-12(4-2)11(16)15-8-6-5-7(14)9(13)10(8)17-12/h5-6H,3-4H2,1-2H3,(H,15,16). The molecular formula is C12H13BrFNO2. The van der Waals surface area contributed by atoms with Crippen LogP contribution in [-0.2, 0) is 4.79 Å². The Kier molecular flexibility index (Phi) is 3.12. The third-order valence-corrected chi connectivity index (χ3v) is 3.89. The van der Waals surface area contributed by atoms with Gasteiger partial charge in [-0.05, 0) is 40.9 Å². The van der Waals surface area contributed by atoms with Gasteiger partial charge in [-0.2, -0.15) is 0 Å². The lowest BCUT2D eigenvalue weighted by Gasteiger charge is -2.36. The van der Waals surface area contributed by atoms with Gasteiger partial charge in [-0.15, -0.1) is 0 Å². The van der Waals surface area contributed by atoms with E-state index in [1.54, 1.807) is 0 Å². The maximum absolute atomic E-state index is 13.4. The van der Waals surface area contributed by atoms with E-state index in [9.17, 15) is 9.18 Å². The lowest BCUT2D eigenvalue weighted by atomic mass is 9.94. The first-order chi connectivity index (χ1) is 8.04. The van der Waals surface area contributed by atoms with Crippen molar-refractivity contribution >= 4 is 27.5 Å². The molecule has 0 fully saturated rings. The number of carbonyl (C=O) groups is 1. The average molecular weight is 302 g/mol. The average Bonchev–Trinajstić information content (AvgIpc) is 2.34. The fourth-order valence-electron chi connectivity index (χ4n) is 1.92. The molecule has 0 bridgehead atoms. The van der Waals surface area contributed by atoms with Crippen LogP contribution in [0, 0.1) is 5.82 Å². The van der Waals surface area contributed by atoms with Gasteiger partial charge < -0.3 is 10.1 Å². The van der Waals surface area contributed by atoms with Crippen LogP contribution in [-0.4, -0.2) is 11.5 Å². The van der Waals surface area contributed by atoms with Crippen molar-refractivity contribution < 1.29 is 13.9 Å². The summed E-state index contributed by atoms with van der Waals surface area (Å²) in [5, 5.41) is 2.76. The number of ether oxygens (including phenoxy) is 1. The fraction of sp³-hybridized carbons (Fsp3) is 0.417. The Hall–Kier alpha value is -1.10. The molecule has 0 atom stereocenters. The Morgan fingerprint density at radius 2 is 2.06 bits per heavy atom. The van der Waals surface area contributed by atoms with Crippen LogP contribution < -0.4 is 10.1 Å². The molecule has 17 heavy (non-hydrogen) atoms. The van der Waals surface area contributed by atoms with Gasteiger partial charge in [0.2, 0.25) is 0 Å². The second-order valence-electron chi connectivity index (χ2n) is 4.00. The normalized spacial score (nSPS) is 17.1. The van der Waals surface area contributed by atoms with Crippen molar-refractivity contribution in [2.75, 3.05) is 5.32 Å². The van der Waals surface area contributed by atoms with Crippen LogP contribution in [0.3, 0.4) is 0 Å². The number of nitrogens with one attached hydrogen (secondary N) is 1. The highest BCUT2D eigenvalue weighted by Crippen LogP contribution is 2.42. The summed E-state index contributed by atoms with van der Waals surface area (Å²) in [7, 11) is 0. The summed E-state index contributed by atoms with van der Waals surface area (Å²) < 4.78 is 19.4. The van der Waals surface area contributed by atoms with Gasteiger partial charge in [-0.3, -0.25) is 4.79 Å². The molecule has 92 valence electrons. The zero-order valence-corrected chi connectivity index (χ0v) is 11.2. The second-order valence-corrected chi connectivity index (χ2v) is 4.79. The SMILES string of the molecule is CCC1(CC)Oc2c(ccc(F)c2Br)NC1=O. The molecule has 0 spiro atoms. The first kappa shape index (κ1) is 12.4. The van der Waals surface area contributed by atoms with Crippen LogP contribution >= 0.6 is 15.9 Å². The molecule has 0 aliphatic carbocycles.